The van der Waals surface area contributed by atoms with Gasteiger partial charge in [-0.15, -0.1) is 0 Å². The highest BCUT2D eigenvalue weighted by molar-refractivity contribution is 5.19. The Bertz CT molecular complexity index is 409. The van der Waals surface area contributed by atoms with Crippen LogP contribution in [0.4, 0.5) is 0 Å². The molecule has 2 bridgehead atoms. The first kappa shape index (κ1) is 11.9. The highest BCUT2D eigenvalue weighted by Gasteiger charge is 2.45. The molecule has 18 heavy (non-hydrogen) atoms. The van der Waals surface area contributed by atoms with E-state index in [0.717, 1.165) is 18.4 Å². The first-order valence-electron chi connectivity index (χ1n) is 6.53. The second-order valence-electron chi connectivity index (χ2n) is 5.08. The maximum Gasteiger partial charge on any atom is 0.316 e. The minimum Gasteiger partial charge on any atom is -0.464 e. The molecule has 2 atom stereocenters. The molecule has 98 valence electrons. The summed E-state index contributed by atoms with van der Waals surface area (Å²) < 4.78 is 11.0. The predicted octanol–water partition coefficient (Wildman–Crippen LogP) is 1.40. The minimum atomic E-state index is -0.838. The summed E-state index contributed by atoms with van der Waals surface area (Å²) in [6, 6.07) is 0.361. The van der Waals surface area contributed by atoms with Gasteiger partial charge in [-0.3, -0.25) is 0 Å². The van der Waals surface area contributed by atoms with Crippen LogP contribution in [-0.4, -0.2) is 33.9 Å². The van der Waals surface area contributed by atoms with Gasteiger partial charge in [-0.25, -0.2) is 9.97 Å². The smallest absolute Gasteiger partial charge is 0.316 e. The van der Waals surface area contributed by atoms with E-state index in [9.17, 15) is 5.11 Å². The molecule has 3 heterocycles. The molecule has 2 aliphatic rings. The van der Waals surface area contributed by atoms with Crippen LogP contribution in [0.1, 0.15) is 38.2 Å². The van der Waals surface area contributed by atoms with Crippen molar-refractivity contribution in [1.29, 1.82) is 0 Å². The third-order valence-electron chi connectivity index (χ3n) is 3.77. The largest absolute Gasteiger partial charge is 0.464 e. The van der Waals surface area contributed by atoms with Gasteiger partial charge in [0.2, 0.25) is 0 Å². The first-order valence-corrected chi connectivity index (χ1v) is 6.53. The Morgan fingerprint density at radius 1 is 1.33 bits per heavy atom. The van der Waals surface area contributed by atoms with Gasteiger partial charge in [-0.1, -0.05) is 0 Å². The molecular weight excluding hydrogens is 232 g/mol. The van der Waals surface area contributed by atoms with Gasteiger partial charge in [-0.2, -0.15) is 0 Å². The quantitative estimate of drug-likeness (QED) is 0.878. The first-order chi connectivity index (χ1) is 8.69. The summed E-state index contributed by atoms with van der Waals surface area (Å²) in [5, 5.41) is 10.7. The van der Waals surface area contributed by atoms with Crippen LogP contribution in [0.25, 0.3) is 0 Å². The number of fused-ring (bicyclic) bond motifs is 2. The SMILES string of the molecule is CCOc1ncc(C2(O)CC3CCC(C2)O3)cn1. The van der Waals surface area contributed by atoms with Crippen LogP contribution in [0.2, 0.25) is 0 Å². The van der Waals surface area contributed by atoms with Crippen LogP contribution >= 0.6 is 0 Å². The molecule has 2 aliphatic heterocycles. The lowest BCUT2D eigenvalue weighted by Crippen LogP contribution is -2.38. The number of hydrogen-bond acceptors (Lipinski definition) is 5. The van der Waals surface area contributed by atoms with Gasteiger partial charge in [-0.05, 0) is 19.8 Å². The Morgan fingerprint density at radius 3 is 2.50 bits per heavy atom. The molecule has 0 amide bonds. The molecule has 3 rings (SSSR count). The molecule has 0 aliphatic carbocycles. The summed E-state index contributed by atoms with van der Waals surface area (Å²) >= 11 is 0. The molecule has 1 aromatic rings. The Hall–Kier alpha value is -1.20. The average Bonchev–Trinajstić information content (AvgIpc) is 2.70. The molecule has 2 fully saturated rings. The molecular formula is C13H18N2O3. The summed E-state index contributed by atoms with van der Waals surface area (Å²) in [6.45, 7) is 2.43. The number of aromatic nitrogens is 2. The van der Waals surface area contributed by atoms with Crippen LogP contribution in [0.5, 0.6) is 6.01 Å². The molecule has 0 aromatic carbocycles. The van der Waals surface area contributed by atoms with Crippen LogP contribution in [-0.2, 0) is 10.3 Å². The second-order valence-corrected chi connectivity index (χ2v) is 5.08. The molecule has 5 nitrogen and oxygen atoms in total. The van der Waals surface area contributed by atoms with E-state index in [1.807, 2.05) is 6.92 Å². The Morgan fingerprint density at radius 2 is 1.94 bits per heavy atom. The molecule has 5 heteroatoms. The summed E-state index contributed by atoms with van der Waals surface area (Å²) in [4.78, 5) is 8.25. The van der Waals surface area contributed by atoms with Crippen LogP contribution in [0.3, 0.4) is 0 Å². The average molecular weight is 250 g/mol. The molecule has 2 saturated heterocycles. The molecule has 1 aromatic heterocycles. The van der Waals surface area contributed by atoms with Gasteiger partial charge >= 0.3 is 6.01 Å². The van der Waals surface area contributed by atoms with Crippen molar-refractivity contribution in [2.45, 2.75) is 50.4 Å². The lowest BCUT2D eigenvalue weighted by Gasteiger charge is -2.36. The van der Waals surface area contributed by atoms with Gasteiger partial charge in [0.15, 0.2) is 0 Å². The van der Waals surface area contributed by atoms with Gasteiger partial charge in [0, 0.05) is 30.8 Å². The second kappa shape index (κ2) is 4.48. The van der Waals surface area contributed by atoms with Gasteiger partial charge < -0.3 is 14.6 Å². The summed E-state index contributed by atoms with van der Waals surface area (Å²) in [7, 11) is 0. The van der Waals surface area contributed by atoms with Crippen molar-refractivity contribution in [2.75, 3.05) is 6.61 Å². The van der Waals surface area contributed by atoms with Crippen molar-refractivity contribution in [3.8, 4) is 6.01 Å². The fourth-order valence-electron chi connectivity index (χ4n) is 2.91. The van der Waals surface area contributed by atoms with E-state index in [4.69, 9.17) is 9.47 Å². The van der Waals surface area contributed by atoms with Crippen molar-refractivity contribution in [3.05, 3.63) is 18.0 Å². The van der Waals surface area contributed by atoms with Crippen molar-refractivity contribution in [1.82, 2.24) is 9.97 Å². The number of rotatable bonds is 3. The Balaban J connectivity index is 1.80. The van der Waals surface area contributed by atoms with Crippen molar-refractivity contribution < 1.29 is 14.6 Å². The normalized spacial score (nSPS) is 34.6. The van der Waals surface area contributed by atoms with Crippen LogP contribution < -0.4 is 4.74 Å². The third kappa shape index (κ3) is 2.08. The third-order valence-corrected chi connectivity index (χ3v) is 3.77. The monoisotopic (exact) mass is 250 g/mol. The number of ether oxygens (including phenoxy) is 2. The van der Waals surface area contributed by atoms with Crippen molar-refractivity contribution >= 4 is 0 Å². The van der Waals surface area contributed by atoms with E-state index in [-0.39, 0.29) is 12.2 Å². The van der Waals surface area contributed by atoms with E-state index < -0.39 is 5.60 Å². The number of nitrogens with zero attached hydrogens (tertiary/aromatic N) is 2. The molecule has 2 unspecified atom stereocenters. The highest BCUT2D eigenvalue weighted by atomic mass is 16.5. The fraction of sp³-hybridized carbons (Fsp3) is 0.692. The maximum absolute atomic E-state index is 10.7. The lowest BCUT2D eigenvalue weighted by molar-refractivity contribution is -0.115. The highest BCUT2D eigenvalue weighted by Crippen LogP contribution is 2.43. The lowest BCUT2D eigenvalue weighted by atomic mass is 9.85. The minimum absolute atomic E-state index is 0.181. The molecule has 0 saturated carbocycles. The molecule has 0 spiro atoms. The van der Waals surface area contributed by atoms with Crippen LogP contribution in [0.15, 0.2) is 12.4 Å². The number of aliphatic hydroxyl groups is 1. The van der Waals surface area contributed by atoms with Gasteiger partial charge in [0.1, 0.15) is 0 Å². The Kier molecular flexibility index (Phi) is 2.95. The Labute approximate surface area is 106 Å². The van der Waals surface area contributed by atoms with Crippen molar-refractivity contribution in [3.63, 3.8) is 0 Å². The van der Waals surface area contributed by atoms with E-state index in [2.05, 4.69) is 9.97 Å². The summed E-state index contributed by atoms with van der Waals surface area (Å²) in [5.41, 5.74) is -0.0689. The molecule has 0 radical (unpaired) electrons. The summed E-state index contributed by atoms with van der Waals surface area (Å²) in [5.74, 6) is 0. The van der Waals surface area contributed by atoms with Crippen LogP contribution in [0, 0.1) is 0 Å². The maximum atomic E-state index is 10.7. The predicted molar refractivity (Wildman–Crippen MR) is 64.2 cm³/mol. The fourth-order valence-corrected chi connectivity index (χ4v) is 2.91. The zero-order valence-corrected chi connectivity index (χ0v) is 10.5. The summed E-state index contributed by atoms with van der Waals surface area (Å²) in [6.07, 6.45) is 7.07. The molecule has 1 N–H and O–H groups in total. The zero-order chi connectivity index (χ0) is 12.6. The van der Waals surface area contributed by atoms with E-state index in [1.165, 1.54) is 0 Å². The topological polar surface area (TPSA) is 64.5 Å². The number of hydrogen-bond donors (Lipinski definition) is 1. The van der Waals surface area contributed by atoms with Gasteiger partial charge in [0.25, 0.3) is 0 Å². The van der Waals surface area contributed by atoms with Crippen molar-refractivity contribution in [2.24, 2.45) is 0 Å². The van der Waals surface area contributed by atoms with E-state index in [1.54, 1.807) is 12.4 Å². The zero-order valence-electron chi connectivity index (χ0n) is 10.5. The van der Waals surface area contributed by atoms with Gasteiger partial charge in [0.05, 0.1) is 24.4 Å². The standard InChI is InChI=1S/C13H18N2O3/c1-2-17-12-14-7-9(8-15-12)13(16)5-10-3-4-11(6-13)18-10/h7-8,10-11,16H,2-6H2,1H3. The van der Waals surface area contributed by atoms with E-state index in [0.29, 0.717) is 25.5 Å². The van der Waals surface area contributed by atoms with E-state index >= 15 is 0 Å².